The van der Waals surface area contributed by atoms with Gasteiger partial charge in [-0.25, -0.2) is 9.48 Å². The summed E-state index contributed by atoms with van der Waals surface area (Å²) >= 11 is 1.01. The minimum absolute atomic E-state index is 0.00682. The summed E-state index contributed by atoms with van der Waals surface area (Å²) in [5.74, 6) is -0.343. The Bertz CT molecular complexity index is 1030. The summed E-state index contributed by atoms with van der Waals surface area (Å²) in [6.07, 6.45) is -4.07. The van der Waals surface area contributed by atoms with Crippen molar-refractivity contribution in [1.29, 1.82) is 0 Å². The lowest BCUT2D eigenvalue weighted by atomic mass is 10.3. The van der Waals surface area contributed by atoms with Crippen LogP contribution in [0.25, 0.3) is 11.1 Å². The van der Waals surface area contributed by atoms with Crippen LogP contribution in [0.4, 0.5) is 18.9 Å². The van der Waals surface area contributed by atoms with Gasteiger partial charge in [-0.05, 0) is 22.9 Å². The Morgan fingerprint density at radius 1 is 1.33 bits per heavy atom. The predicted molar refractivity (Wildman–Crippen MR) is 86.3 cm³/mol. The van der Waals surface area contributed by atoms with Crippen LogP contribution in [0.1, 0.15) is 6.42 Å². The third-order valence-electron chi connectivity index (χ3n) is 3.45. The molecule has 0 radical (unpaired) electrons. The number of aromatic nitrogens is 5. The number of oxazole rings is 1. The number of halogens is 3. The number of hydrogen-bond acceptors (Lipinski definition) is 8. The summed E-state index contributed by atoms with van der Waals surface area (Å²) in [7, 11) is 0. The van der Waals surface area contributed by atoms with E-state index in [4.69, 9.17) is 4.42 Å². The second-order valence-corrected chi connectivity index (χ2v) is 6.43. The van der Waals surface area contributed by atoms with Crippen LogP contribution in [0, 0.1) is 10.1 Å². The second-order valence-electron chi connectivity index (χ2n) is 5.37. The lowest BCUT2D eigenvalue weighted by Gasteiger charge is -2.07. The number of aryl methyl sites for hydroxylation is 1. The molecular formula is C13H11F3N6O4S. The van der Waals surface area contributed by atoms with Gasteiger partial charge in [-0.3, -0.25) is 14.7 Å². The zero-order valence-corrected chi connectivity index (χ0v) is 14.2. The van der Waals surface area contributed by atoms with Crippen LogP contribution in [0.3, 0.4) is 0 Å². The maximum Gasteiger partial charge on any atom is 0.419 e. The van der Waals surface area contributed by atoms with Crippen molar-refractivity contribution < 1.29 is 22.5 Å². The molecule has 1 aromatic carbocycles. The van der Waals surface area contributed by atoms with Gasteiger partial charge in [0.05, 0.1) is 10.4 Å². The van der Waals surface area contributed by atoms with E-state index in [2.05, 4.69) is 15.5 Å². The summed E-state index contributed by atoms with van der Waals surface area (Å²) in [5, 5.41) is 20.9. The Morgan fingerprint density at radius 2 is 2.11 bits per heavy atom. The molecule has 14 heteroatoms. The fraction of sp³-hybridized carbons (Fsp3) is 0.385. The third-order valence-corrected chi connectivity index (χ3v) is 4.49. The van der Waals surface area contributed by atoms with Crippen molar-refractivity contribution in [2.24, 2.45) is 0 Å². The molecule has 3 aromatic rings. The number of fused-ring (bicyclic) bond motifs is 1. The van der Waals surface area contributed by atoms with E-state index < -0.39 is 23.4 Å². The first-order valence-electron chi connectivity index (χ1n) is 7.48. The maximum atomic E-state index is 12.4. The predicted octanol–water partition coefficient (Wildman–Crippen LogP) is 2.23. The van der Waals surface area contributed by atoms with Crippen molar-refractivity contribution in [3.63, 3.8) is 0 Å². The maximum absolute atomic E-state index is 12.4. The molecule has 3 rings (SSSR count). The molecule has 2 heterocycles. The van der Waals surface area contributed by atoms with Crippen LogP contribution in [0.15, 0.2) is 32.6 Å². The van der Waals surface area contributed by atoms with E-state index in [9.17, 15) is 28.1 Å². The zero-order chi connectivity index (χ0) is 19.6. The van der Waals surface area contributed by atoms with E-state index in [-0.39, 0.29) is 28.5 Å². The molecule has 0 N–H and O–H groups in total. The van der Waals surface area contributed by atoms with E-state index in [1.54, 1.807) is 0 Å². The summed E-state index contributed by atoms with van der Waals surface area (Å²) in [5.41, 5.74) is 0.311. The first-order valence-corrected chi connectivity index (χ1v) is 8.46. The minimum Gasteiger partial charge on any atom is -0.408 e. The lowest BCUT2D eigenvalue weighted by Crippen LogP contribution is -2.19. The molecule has 0 unspecified atom stereocenters. The Kier molecular flexibility index (Phi) is 5.16. The first kappa shape index (κ1) is 18.9. The SMILES string of the molecule is O=c1oc2ccc([N+](=O)[O-])cc2n1CCCSc1nnnn1CC(F)(F)F. The molecule has 0 fully saturated rings. The van der Waals surface area contributed by atoms with E-state index in [0.29, 0.717) is 16.9 Å². The van der Waals surface area contributed by atoms with Gasteiger partial charge in [-0.2, -0.15) is 13.2 Å². The summed E-state index contributed by atoms with van der Waals surface area (Å²) in [6, 6.07) is 3.80. The second kappa shape index (κ2) is 7.38. The lowest BCUT2D eigenvalue weighted by molar-refractivity contribution is -0.384. The van der Waals surface area contributed by atoms with E-state index in [1.165, 1.54) is 22.8 Å². The molecule has 0 spiro atoms. The number of non-ortho nitro benzene ring substituents is 1. The summed E-state index contributed by atoms with van der Waals surface area (Å²) in [6.45, 7) is -1.13. The summed E-state index contributed by atoms with van der Waals surface area (Å²) in [4.78, 5) is 22.2. The van der Waals surface area contributed by atoms with Crippen molar-refractivity contribution in [2.75, 3.05) is 5.75 Å². The molecule has 27 heavy (non-hydrogen) atoms. The molecule has 0 amide bonds. The van der Waals surface area contributed by atoms with Crippen LogP contribution in [0.2, 0.25) is 0 Å². The topological polar surface area (TPSA) is 122 Å². The average molecular weight is 404 g/mol. The van der Waals surface area contributed by atoms with Crippen molar-refractivity contribution in [3.05, 3.63) is 38.9 Å². The fourth-order valence-corrected chi connectivity index (χ4v) is 3.13. The van der Waals surface area contributed by atoms with Gasteiger partial charge in [0.25, 0.3) is 5.69 Å². The number of thioether (sulfide) groups is 1. The van der Waals surface area contributed by atoms with Crippen LogP contribution < -0.4 is 5.76 Å². The van der Waals surface area contributed by atoms with Crippen molar-refractivity contribution in [2.45, 2.75) is 30.8 Å². The Balaban J connectivity index is 1.66. The standard InChI is InChI=1S/C13H11F3N6O4S/c14-13(15,16)7-21-11(17-18-19-21)27-5-1-4-20-9-6-8(22(24)25)2-3-10(9)26-12(20)23/h2-3,6H,1,4-5,7H2. The van der Waals surface area contributed by atoms with Crippen LogP contribution in [-0.4, -0.2) is 41.6 Å². The summed E-state index contributed by atoms with van der Waals surface area (Å²) < 4.78 is 44.2. The largest absolute Gasteiger partial charge is 0.419 e. The number of hydrogen-bond donors (Lipinski definition) is 0. The van der Waals surface area contributed by atoms with Crippen LogP contribution >= 0.6 is 11.8 Å². The van der Waals surface area contributed by atoms with Crippen LogP contribution in [-0.2, 0) is 13.1 Å². The number of tetrazole rings is 1. The highest BCUT2D eigenvalue weighted by Crippen LogP contribution is 2.23. The normalized spacial score (nSPS) is 12.0. The quantitative estimate of drug-likeness (QED) is 0.254. The average Bonchev–Trinajstić information content (AvgIpc) is 3.13. The van der Waals surface area contributed by atoms with Crippen molar-refractivity contribution in [1.82, 2.24) is 24.8 Å². The first-order chi connectivity index (χ1) is 12.7. The zero-order valence-electron chi connectivity index (χ0n) is 13.4. The molecular weight excluding hydrogens is 393 g/mol. The minimum atomic E-state index is -4.44. The van der Waals surface area contributed by atoms with E-state index >= 15 is 0 Å². The van der Waals surface area contributed by atoms with Gasteiger partial charge in [0, 0.05) is 24.4 Å². The Hall–Kier alpha value is -2.90. The number of nitro benzene ring substituents is 1. The highest BCUT2D eigenvalue weighted by Gasteiger charge is 2.30. The number of nitrogens with zero attached hydrogens (tertiary/aromatic N) is 6. The van der Waals surface area contributed by atoms with E-state index in [0.717, 1.165) is 11.8 Å². The monoisotopic (exact) mass is 404 g/mol. The van der Waals surface area contributed by atoms with Crippen molar-refractivity contribution >= 4 is 28.5 Å². The highest BCUT2D eigenvalue weighted by molar-refractivity contribution is 7.99. The van der Waals surface area contributed by atoms with Gasteiger partial charge in [0.2, 0.25) is 5.16 Å². The Morgan fingerprint density at radius 3 is 2.81 bits per heavy atom. The van der Waals surface area contributed by atoms with Crippen LogP contribution in [0.5, 0.6) is 0 Å². The molecule has 144 valence electrons. The van der Waals surface area contributed by atoms with Crippen molar-refractivity contribution in [3.8, 4) is 0 Å². The molecule has 0 aliphatic heterocycles. The van der Waals surface area contributed by atoms with Gasteiger partial charge in [-0.1, -0.05) is 11.8 Å². The third kappa shape index (κ3) is 4.45. The molecule has 0 aliphatic carbocycles. The Labute approximate surface area is 152 Å². The number of rotatable bonds is 7. The molecule has 0 saturated carbocycles. The molecule has 2 aromatic heterocycles. The van der Waals surface area contributed by atoms with Gasteiger partial charge < -0.3 is 4.42 Å². The molecule has 10 nitrogen and oxygen atoms in total. The van der Waals surface area contributed by atoms with Gasteiger partial charge in [0.15, 0.2) is 5.58 Å². The molecule has 0 atom stereocenters. The molecule has 0 saturated heterocycles. The molecule has 0 aliphatic rings. The number of nitro groups is 1. The highest BCUT2D eigenvalue weighted by atomic mass is 32.2. The smallest absolute Gasteiger partial charge is 0.408 e. The number of benzene rings is 1. The van der Waals surface area contributed by atoms with Gasteiger partial charge in [0.1, 0.15) is 6.54 Å². The van der Waals surface area contributed by atoms with Gasteiger partial charge >= 0.3 is 11.9 Å². The number of alkyl halides is 3. The molecule has 0 bridgehead atoms. The fourth-order valence-electron chi connectivity index (χ4n) is 2.33. The van der Waals surface area contributed by atoms with E-state index in [1.807, 2.05) is 0 Å². The van der Waals surface area contributed by atoms with Gasteiger partial charge in [-0.15, -0.1) is 5.10 Å².